The first-order valence-corrected chi connectivity index (χ1v) is 8.40. The highest BCUT2D eigenvalue weighted by Gasteiger charge is 2.54. The van der Waals surface area contributed by atoms with Gasteiger partial charge in [-0.1, -0.05) is 59.8 Å². The van der Waals surface area contributed by atoms with Crippen molar-refractivity contribution in [2.24, 2.45) is 5.41 Å². The Morgan fingerprint density at radius 3 is 2.50 bits per heavy atom. The molecule has 2 fully saturated rings. The van der Waals surface area contributed by atoms with Gasteiger partial charge in [-0.15, -0.1) is 0 Å². The van der Waals surface area contributed by atoms with Crippen molar-refractivity contribution in [1.29, 1.82) is 0 Å². The van der Waals surface area contributed by atoms with Crippen LogP contribution in [0.4, 0.5) is 0 Å². The molecule has 1 unspecified atom stereocenters. The quantitative estimate of drug-likeness (QED) is 0.803. The molecule has 1 atom stereocenters. The van der Waals surface area contributed by atoms with E-state index in [-0.39, 0.29) is 11.5 Å². The number of carbonyl (C=O) groups excluding carboxylic acids is 1. The molecule has 0 heterocycles. The molecule has 0 amide bonds. The van der Waals surface area contributed by atoms with E-state index in [4.69, 9.17) is 4.74 Å². The van der Waals surface area contributed by atoms with Crippen LogP contribution in [0, 0.1) is 5.41 Å². The van der Waals surface area contributed by atoms with Gasteiger partial charge in [0.2, 0.25) is 0 Å². The Kier molecular flexibility index (Phi) is 4.27. The van der Waals surface area contributed by atoms with Gasteiger partial charge in [-0.25, -0.2) is 0 Å². The van der Waals surface area contributed by atoms with Crippen molar-refractivity contribution in [1.82, 2.24) is 0 Å². The Bertz CT molecular complexity index is 490. The number of Topliss-reactive ketones (excluding diaryl/α,β-unsaturated/α-hetero) is 1. The van der Waals surface area contributed by atoms with Crippen LogP contribution in [0.1, 0.15) is 50.5 Å². The molecule has 1 aromatic carbocycles. The van der Waals surface area contributed by atoms with E-state index in [1.165, 1.54) is 25.7 Å². The number of hydrogen-bond donors (Lipinski definition) is 0. The molecule has 0 aromatic heterocycles. The third-order valence-electron chi connectivity index (χ3n) is 4.94. The minimum absolute atomic E-state index is 0.139. The number of halogens is 1. The number of ether oxygens (including phenoxy) is 1. The van der Waals surface area contributed by atoms with Crippen LogP contribution in [-0.2, 0) is 16.1 Å². The lowest BCUT2D eigenvalue weighted by molar-refractivity contribution is -0.168. The summed E-state index contributed by atoms with van der Waals surface area (Å²) in [5, 5.41) is 0. The summed E-state index contributed by atoms with van der Waals surface area (Å²) >= 11 is 3.55. The maximum Gasteiger partial charge on any atom is 0.144 e. The van der Waals surface area contributed by atoms with E-state index in [1.54, 1.807) is 0 Å². The van der Waals surface area contributed by atoms with Crippen molar-refractivity contribution in [2.45, 2.75) is 57.7 Å². The summed E-state index contributed by atoms with van der Waals surface area (Å²) in [6.07, 6.45) is 7.72. The van der Waals surface area contributed by atoms with Gasteiger partial charge in [0.15, 0.2) is 0 Å². The number of hydrogen-bond acceptors (Lipinski definition) is 2. The average Bonchev–Trinajstić information content (AvgIpc) is 2.73. The van der Waals surface area contributed by atoms with Gasteiger partial charge in [0.1, 0.15) is 5.78 Å². The van der Waals surface area contributed by atoms with Crippen molar-refractivity contribution in [3.8, 4) is 0 Å². The van der Waals surface area contributed by atoms with Crippen LogP contribution in [0.2, 0.25) is 0 Å². The van der Waals surface area contributed by atoms with Crippen LogP contribution < -0.4 is 0 Å². The molecule has 20 heavy (non-hydrogen) atoms. The number of benzene rings is 1. The maximum atomic E-state index is 12.2. The molecule has 1 aromatic rings. The fraction of sp³-hybridized carbons (Fsp3) is 0.588. The van der Waals surface area contributed by atoms with Crippen molar-refractivity contribution in [3.63, 3.8) is 0 Å². The fourth-order valence-corrected chi connectivity index (χ4v) is 4.00. The van der Waals surface area contributed by atoms with Crippen LogP contribution >= 0.6 is 15.9 Å². The SMILES string of the molecule is O=C1CC(OCc2ccccc2Br)C12CCCCCC2. The molecule has 108 valence electrons. The third-order valence-corrected chi connectivity index (χ3v) is 5.71. The second-order valence-electron chi connectivity index (χ2n) is 6.09. The first-order valence-electron chi connectivity index (χ1n) is 7.61. The highest BCUT2D eigenvalue weighted by molar-refractivity contribution is 9.10. The minimum atomic E-state index is -0.141. The van der Waals surface area contributed by atoms with E-state index < -0.39 is 0 Å². The first kappa shape index (κ1) is 14.3. The van der Waals surface area contributed by atoms with E-state index in [1.807, 2.05) is 18.2 Å². The molecule has 2 nitrogen and oxygen atoms in total. The van der Waals surface area contributed by atoms with Crippen LogP contribution in [0.15, 0.2) is 28.7 Å². The zero-order valence-electron chi connectivity index (χ0n) is 11.7. The van der Waals surface area contributed by atoms with E-state index in [0.717, 1.165) is 22.9 Å². The summed E-state index contributed by atoms with van der Waals surface area (Å²) in [5.74, 6) is 0.441. The maximum absolute atomic E-state index is 12.2. The van der Waals surface area contributed by atoms with Crippen LogP contribution in [0.25, 0.3) is 0 Å². The number of ketones is 1. The second-order valence-corrected chi connectivity index (χ2v) is 6.94. The molecule has 0 N–H and O–H groups in total. The summed E-state index contributed by atoms with van der Waals surface area (Å²) in [4.78, 5) is 12.2. The van der Waals surface area contributed by atoms with Crippen molar-refractivity contribution in [2.75, 3.05) is 0 Å². The Balaban J connectivity index is 1.66. The van der Waals surface area contributed by atoms with Crippen molar-refractivity contribution >= 4 is 21.7 Å². The summed E-state index contributed by atoms with van der Waals surface area (Å²) in [6.45, 7) is 0.598. The van der Waals surface area contributed by atoms with E-state index in [2.05, 4.69) is 22.0 Å². The lowest BCUT2D eigenvalue weighted by Gasteiger charge is -2.47. The highest BCUT2D eigenvalue weighted by atomic mass is 79.9. The molecule has 1 spiro atoms. The smallest absolute Gasteiger partial charge is 0.144 e. The van der Waals surface area contributed by atoms with Gasteiger partial charge in [-0.2, -0.15) is 0 Å². The molecular weight excluding hydrogens is 316 g/mol. The number of carbonyl (C=O) groups is 1. The standard InChI is InChI=1S/C17H21BrO2/c18-14-8-4-3-7-13(14)12-20-16-11-15(19)17(16)9-5-1-2-6-10-17/h3-4,7-8,16H,1-2,5-6,9-12H2. The summed E-state index contributed by atoms with van der Waals surface area (Å²) < 4.78 is 7.20. The summed E-state index contributed by atoms with van der Waals surface area (Å²) in [5.41, 5.74) is 1.02. The lowest BCUT2D eigenvalue weighted by atomic mass is 9.60. The summed E-state index contributed by atoms with van der Waals surface area (Å²) in [6, 6.07) is 8.14. The largest absolute Gasteiger partial charge is 0.372 e. The normalized spacial score (nSPS) is 25.2. The molecule has 3 heteroatoms. The van der Waals surface area contributed by atoms with Gasteiger partial charge in [-0.3, -0.25) is 4.79 Å². The Morgan fingerprint density at radius 1 is 1.15 bits per heavy atom. The molecular formula is C17H21BrO2. The molecule has 0 radical (unpaired) electrons. The third kappa shape index (κ3) is 2.58. The molecule has 2 aliphatic carbocycles. The van der Waals surface area contributed by atoms with Crippen molar-refractivity contribution < 1.29 is 9.53 Å². The fourth-order valence-electron chi connectivity index (χ4n) is 3.60. The van der Waals surface area contributed by atoms with Gasteiger partial charge >= 0.3 is 0 Å². The van der Waals surface area contributed by atoms with Crippen LogP contribution in [-0.4, -0.2) is 11.9 Å². The average molecular weight is 337 g/mol. The van der Waals surface area contributed by atoms with E-state index in [9.17, 15) is 4.79 Å². The Hall–Kier alpha value is -0.670. The predicted molar refractivity (Wildman–Crippen MR) is 82.5 cm³/mol. The van der Waals surface area contributed by atoms with Gasteiger partial charge in [0, 0.05) is 10.9 Å². The Labute approximate surface area is 129 Å². The monoisotopic (exact) mass is 336 g/mol. The lowest BCUT2D eigenvalue weighted by Crippen LogP contribution is -2.55. The van der Waals surface area contributed by atoms with Gasteiger partial charge in [-0.05, 0) is 24.5 Å². The molecule has 2 saturated carbocycles. The Morgan fingerprint density at radius 2 is 1.85 bits per heavy atom. The van der Waals surface area contributed by atoms with Gasteiger partial charge in [0.05, 0.1) is 18.1 Å². The van der Waals surface area contributed by atoms with Crippen LogP contribution in [0.3, 0.4) is 0 Å². The highest BCUT2D eigenvalue weighted by Crippen LogP contribution is 2.49. The first-order chi connectivity index (χ1) is 9.72. The minimum Gasteiger partial charge on any atom is -0.372 e. The molecule has 0 saturated heterocycles. The zero-order valence-corrected chi connectivity index (χ0v) is 13.3. The van der Waals surface area contributed by atoms with E-state index in [0.29, 0.717) is 18.8 Å². The predicted octanol–water partition coefficient (Wildman–Crippen LogP) is 4.65. The second kappa shape index (κ2) is 5.98. The van der Waals surface area contributed by atoms with Gasteiger partial charge in [0.25, 0.3) is 0 Å². The topological polar surface area (TPSA) is 26.3 Å². The number of rotatable bonds is 3. The van der Waals surface area contributed by atoms with Crippen LogP contribution in [0.5, 0.6) is 0 Å². The van der Waals surface area contributed by atoms with Gasteiger partial charge < -0.3 is 4.74 Å². The molecule has 3 rings (SSSR count). The molecule has 0 aliphatic heterocycles. The van der Waals surface area contributed by atoms with Crippen molar-refractivity contribution in [3.05, 3.63) is 34.3 Å². The molecule has 2 aliphatic rings. The zero-order chi connectivity index (χ0) is 14.0. The van der Waals surface area contributed by atoms with E-state index >= 15 is 0 Å². The summed E-state index contributed by atoms with van der Waals surface area (Å²) in [7, 11) is 0. The molecule has 0 bridgehead atoms.